The number of hydrogen-bond donors (Lipinski definition) is 1. The highest BCUT2D eigenvalue weighted by atomic mass is 16.2. The summed E-state index contributed by atoms with van der Waals surface area (Å²) in [6.07, 6.45) is 7.15. The Balaban J connectivity index is 1.53. The van der Waals surface area contributed by atoms with Crippen molar-refractivity contribution in [1.29, 1.82) is 0 Å². The van der Waals surface area contributed by atoms with Crippen LogP contribution in [0, 0.1) is 11.8 Å². The molecule has 1 saturated heterocycles. The molecular weight excluding hydrogens is 416 g/mol. The molecular formula is C26H38N4O3. The molecule has 7 heteroatoms. The Morgan fingerprint density at radius 1 is 0.909 bits per heavy atom. The fourth-order valence-corrected chi connectivity index (χ4v) is 5.14. The molecule has 1 aliphatic heterocycles. The lowest BCUT2D eigenvalue weighted by atomic mass is 10.1. The van der Waals surface area contributed by atoms with E-state index < -0.39 is 0 Å². The maximum absolute atomic E-state index is 13.4. The van der Waals surface area contributed by atoms with E-state index in [0.29, 0.717) is 43.3 Å². The Morgan fingerprint density at radius 2 is 1.64 bits per heavy atom. The van der Waals surface area contributed by atoms with Crippen LogP contribution < -0.4 is 10.2 Å². The van der Waals surface area contributed by atoms with Gasteiger partial charge in [0.15, 0.2) is 0 Å². The maximum atomic E-state index is 13.4. The number of anilines is 2. The van der Waals surface area contributed by atoms with Gasteiger partial charge in [-0.1, -0.05) is 12.8 Å². The van der Waals surface area contributed by atoms with E-state index in [-0.39, 0.29) is 23.7 Å². The first-order valence-electron chi connectivity index (χ1n) is 12.8. The number of nitrogens with zero attached hydrogens (tertiary/aromatic N) is 3. The number of nitrogens with one attached hydrogen (secondary N) is 1. The Labute approximate surface area is 197 Å². The van der Waals surface area contributed by atoms with Crippen molar-refractivity contribution in [3.05, 3.63) is 23.8 Å². The molecule has 3 amide bonds. The average molecular weight is 455 g/mol. The molecule has 0 unspecified atom stereocenters. The summed E-state index contributed by atoms with van der Waals surface area (Å²) in [5.41, 5.74) is 2.20. The number of benzene rings is 1. The van der Waals surface area contributed by atoms with E-state index in [1.165, 1.54) is 0 Å². The number of hydrogen-bond acceptors (Lipinski definition) is 4. The van der Waals surface area contributed by atoms with Gasteiger partial charge in [0.05, 0.1) is 5.56 Å². The molecule has 0 spiro atoms. The maximum Gasteiger partial charge on any atom is 0.256 e. The first-order valence-corrected chi connectivity index (χ1v) is 12.8. The van der Waals surface area contributed by atoms with Gasteiger partial charge in [-0.25, -0.2) is 0 Å². The number of rotatable bonds is 7. The van der Waals surface area contributed by atoms with E-state index in [2.05, 4.69) is 10.2 Å². The molecule has 0 radical (unpaired) electrons. The highest BCUT2D eigenvalue weighted by molar-refractivity contribution is 6.02. The smallest absolute Gasteiger partial charge is 0.256 e. The van der Waals surface area contributed by atoms with Gasteiger partial charge in [0, 0.05) is 62.5 Å². The Morgan fingerprint density at radius 3 is 2.30 bits per heavy atom. The zero-order chi connectivity index (χ0) is 23.4. The van der Waals surface area contributed by atoms with E-state index in [0.717, 1.165) is 63.7 Å². The molecule has 0 bridgehead atoms. The van der Waals surface area contributed by atoms with Crippen molar-refractivity contribution in [3.63, 3.8) is 0 Å². The fourth-order valence-electron chi connectivity index (χ4n) is 5.14. The molecule has 2 aliphatic carbocycles. The Hall–Kier alpha value is -2.57. The molecule has 3 aliphatic rings. The van der Waals surface area contributed by atoms with Gasteiger partial charge in [-0.15, -0.1) is 0 Å². The summed E-state index contributed by atoms with van der Waals surface area (Å²) in [7, 11) is 0. The first kappa shape index (κ1) is 23.6. The van der Waals surface area contributed by atoms with Gasteiger partial charge < -0.3 is 20.0 Å². The van der Waals surface area contributed by atoms with Crippen LogP contribution in [0.25, 0.3) is 0 Å². The monoisotopic (exact) mass is 454 g/mol. The van der Waals surface area contributed by atoms with Crippen molar-refractivity contribution in [2.24, 2.45) is 11.8 Å². The molecule has 7 nitrogen and oxygen atoms in total. The summed E-state index contributed by atoms with van der Waals surface area (Å²) in [5.74, 6) is 0.652. The standard InChI is InChI=1S/C26H38N4O3/c1-3-28(4-2)26(33)22-18-21(27-24(31)19-10-11-19)12-13-23(22)29-14-7-15-30(17-16-29)25(32)20-8-5-6-9-20/h12-13,18-20H,3-11,14-17H2,1-2H3,(H,27,31). The molecule has 180 valence electrons. The largest absolute Gasteiger partial charge is 0.369 e. The summed E-state index contributed by atoms with van der Waals surface area (Å²) in [5, 5.41) is 2.99. The van der Waals surface area contributed by atoms with Crippen LogP contribution in [-0.2, 0) is 9.59 Å². The summed E-state index contributed by atoms with van der Waals surface area (Å²) in [6, 6.07) is 5.71. The highest BCUT2D eigenvalue weighted by Gasteiger charge is 2.31. The second kappa shape index (κ2) is 10.6. The van der Waals surface area contributed by atoms with Gasteiger partial charge in [-0.3, -0.25) is 14.4 Å². The van der Waals surface area contributed by atoms with Crippen LogP contribution in [0.4, 0.5) is 11.4 Å². The minimum atomic E-state index is -0.0133. The van der Waals surface area contributed by atoms with E-state index in [4.69, 9.17) is 0 Å². The summed E-state index contributed by atoms with van der Waals surface area (Å²) >= 11 is 0. The molecule has 1 aromatic carbocycles. The first-order chi connectivity index (χ1) is 16.0. The lowest BCUT2D eigenvalue weighted by Gasteiger charge is -2.28. The molecule has 4 rings (SSSR count). The van der Waals surface area contributed by atoms with Gasteiger partial charge in [-0.05, 0) is 64.2 Å². The van der Waals surface area contributed by atoms with Crippen molar-refractivity contribution in [3.8, 4) is 0 Å². The molecule has 1 heterocycles. The van der Waals surface area contributed by atoms with E-state index >= 15 is 0 Å². The molecule has 3 fully saturated rings. The average Bonchev–Trinajstić information content (AvgIpc) is 3.59. The number of amides is 3. The molecule has 33 heavy (non-hydrogen) atoms. The predicted octanol–water partition coefficient (Wildman–Crippen LogP) is 3.75. The molecule has 1 aromatic rings. The zero-order valence-electron chi connectivity index (χ0n) is 20.1. The molecule has 1 N–H and O–H groups in total. The topological polar surface area (TPSA) is 73.0 Å². The van der Waals surface area contributed by atoms with Gasteiger partial charge in [-0.2, -0.15) is 0 Å². The quantitative estimate of drug-likeness (QED) is 0.681. The third-order valence-corrected chi connectivity index (χ3v) is 7.35. The van der Waals surface area contributed by atoms with Crippen LogP contribution >= 0.6 is 0 Å². The van der Waals surface area contributed by atoms with Crippen molar-refractivity contribution < 1.29 is 14.4 Å². The zero-order valence-corrected chi connectivity index (χ0v) is 20.1. The van der Waals surface area contributed by atoms with Crippen molar-refractivity contribution in [2.45, 2.75) is 58.8 Å². The SMILES string of the molecule is CCN(CC)C(=O)c1cc(NC(=O)C2CC2)ccc1N1CCCN(C(=O)C2CCCC2)CC1. The Bertz CT molecular complexity index is 872. The highest BCUT2D eigenvalue weighted by Crippen LogP contribution is 2.32. The second-order valence-corrected chi connectivity index (χ2v) is 9.62. The van der Waals surface area contributed by atoms with Crippen molar-refractivity contribution in [1.82, 2.24) is 9.80 Å². The lowest BCUT2D eigenvalue weighted by Crippen LogP contribution is -2.38. The number of carbonyl (C=O) groups is 3. The van der Waals surface area contributed by atoms with E-state index in [9.17, 15) is 14.4 Å². The minimum absolute atomic E-state index is 0.0133. The normalized spacial score (nSPS) is 19.3. The molecule has 2 saturated carbocycles. The Kier molecular flexibility index (Phi) is 7.56. The lowest BCUT2D eigenvalue weighted by molar-refractivity contribution is -0.135. The molecule has 0 aromatic heterocycles. The van der Waals surface area contributed by atoms with Gasteiger partial charge in [0.1, 0.15) is 0 Å². The third kappa shape index (κ3) is 5.50. The van der Waals surface area contributed by atoms with Crippen LogP contribution in [0.1, 0.15) is 69.2 Å². The summed E-state index contributed by atoms with van der Waals surface area (Å²) < 4.78 is 0. The van der Waals surface area contributed by atoms with Crippen LogP contribution in [0.15, 0.2) is 18.2 Å². The summed E-state index contributed by atoms with van der Waals surface area (Å²) in [4.78, 5) is 44.7. The van der Waals surface area contributed by atoms with Crippen LogP contribution in [0.2, 0.25) is 0 Å². The van der Waals surface area contributed by atoms with Crippen molar-refractivity contribution in [2.75, 3.05) is 49.5 Å². The van der Waals surface area contributed by atoms with Crippen LogP contribution in [-0.4, -0.2) is 66.8 Å². The predicted molar refractivity (Wildman–Crippen MR) is 130 cm³/mol. The minimum Gasteiger partial charge on any atom is -0.369 e. The fraction of sp³-hybridized carbons (Fsp3) is 0.654. The van der Waals surface area contributed by atoms with Gasteiger partial charge in [0.2, 0.25) is 11.8 Å². The molecule has 0 atom stereocenters. The third-order valence-electron chi connectivity index (χ3n) is 7.35. The van der Waals surface area contributed by atoms with Crippen molar-refractivity contribution >= 4 is 29.1 Å². The van der Waals surface area contributed by atoms with Crippen LogP contribution in [0.3, 0.4) is 0 Å². The van der Waals surface area contributed by atoms with E-state index in [1.54, 1.807) is 0 Å². The van der Waals surface area contributed by atoms with E-state index in [1.807, 2.05) is 41.8 Å². The van der Waals surface area contributed by atoms with Gasteiger partial charge in [0.25, 0.3) is 5.91 Å². The summed E-state index contributed by atoms with van der Waals surface area (Å²) in [6.45, 7) is 8.23. The second-order valence-electron chi connectivity index (χ2n) is 9.62. The van der Waals surface area contributed by atoms with Crippen LogP contribution in [0.5, 0.6) is 0 Å². The number of carbonyl (C=O) groups excluding carboxylic acids is 3. The van der Waals surface area contributed by atoms with Gasteiger partial charge >= 0.3 is 0 Å².